The van der Waals surface area contributed by atoms with Gasteiger partial charge in [-0.1, -0.05) is 42.5 Å². The highest BCUT2D eigenvalue weighted by Crippen LogP contribution is 2.06. The zero-order chi connectivity index (χ0) is 13.7. The van der Waals surface area contributed by atoms with Crippen LogP contribution in [-0.2, 0) is 18.0 Å². The summed E-state index contributed by atoms with van der Waals surface area (Å²) in [6.07, 6.45) is 0. The van der Waals surface area contributed by atoms with Crippen LogP contribution in [-0.4, -0.2) is 17.2 Å². The SMILES string of the molecule is OB(O)c1cc(COCc2ccccc2)ccc1F. The smallest absolute Gasteiger partial charge is 0.423 e. The number of halogens is 1. The molecule has 5 heteroatoms. The minimum atomic E-state index is -1.81. The Kier molecular flexibility index (Phi) is 4.68. The molecular weight excluding hydrogens is 246 g/mol. The van der Waals surface area contributed by atoms with Crippen LogP contribution in [0, 0.1) is 5.82 Å². The molecule has 0 heterocycles. The molecule has 0 spiro atoms. The molecule has 2 aromatic rings. The van der Waals surface area contributed by atoms with Crippen LogP contribution in [0.1, 0.15) is 11.1 Å². The lowest BCUT2D eigenvalue weighted by molar-refractivity contribution is 0.107. The molecule has 2 N–H and O–H groups in total. The number of benzene rings is 2. The summed E-state index contributed by atoms with van der Waals surface area (Å²) in [6, 6.07) is 13.8. The minimum absolute atomic E-state index is 0.138. The van der Waals surface area contributed by atoms with Gasteiger partial charge in [-0.2, -0.15) is 0 Å². The van der Waals surface area contributed by atoms with Crippen molar-refractivity contribution in [3.63, 3.8) is 0 Å². The fraction of sp³-hybridized carbons (Fsp3) is 0.143. The van der Waals surface area contributed by atoms with Gasteiger partial charge in [-0.05, 0) is 17.2 Å². The fourth-order valence-electron chi connectivity index (χ4n) is 1.74. The van der Waals surface area contributed by atoms with E-state index in [2.05, 4.69) is 0 Å². The molecule has 0 amide bonds. The van der Waals surface area contributed by atoms with Gasteiger partial charge in [0, 0.05) is 5.46 Å². The second-order valence-electron chi connectivity index (χ2n) is 4.21. The maximum absolute atomic E-state index is 13.2. The van der Waals surface area contributed by atoms with Crippen molar-refractivity contribution in [2.24, 2.45) is 0 Å². The van der Waals surface area contributed by atoms with Crippen LogP contribution in [0.3, 0.4) is 0 Å². The van der Waals surface area contributed by atoms with Crippen molar-refractivity contribution >= 4 is 12.6 Å². The van der Waals surface area contributed by atoms with Crippen molar-refractivity contribution in [1.29, 1.82) is 0 Å². The van der Waals surface area contributed by atoms with Crippen LogP contribution in [0.5, 0.6) is 0 Å². The van der Waals surface area contributed by atoms with E-state index in [1.807, 2.05) is 30.3 Å². The molecule has 0 aromatic heterocycles. The molecule has 0 fully saturated rings. The van der Waals surface area contributed by atoms with Gasteiger partial charge in [0.2, 0.25) is 0 Å². The zero-order valence-corrected chi connectivity index (χ0v) is 10.3. The lowest BCUT2D eigenvalue weighted by Gasteiger charge is -2.07. The van der Waals surface area contributed by atoms with Gasteiger partial charge in [0.1, 0.15) is 5.82 Å². The Labute approximate surface area is 111 Å². The van der Waals surface area contributed by atoms with Crippen molar-refractivity contribution in [3.8, 4) is 0 Å². The summed E-state index contributed by atoms with van der Waals surface area (Å²) in [5.74, 6) is -0.637. The average molecular weight is 260 g/mol. The van der Waals surface area contributed by atoms with E-state index < -0.39 is 12.9 Å². The molecule has 98 valence electrons. The summed E-state index contributed by atoms with van der Waals surface area (Å²) in [4.78, 5) is 0. The molecule has 0 aliphatic carbocycles. The van der Waals surface area contributed by atoms with Gasteiger partial charge < -0.3 is 14.8 Å². The predicted molar refractivity (Wildman–Crippen MR) is 71.2 cm³/mol. The standard InChI is InChI=1S/C14H14BFO3/c16-14-7-6-12(8-13(14)15(17)18)10-19-9-11-4-2-1-3-5-11/h1-8,17-18H,9-10H2. The molecule has 3 nitrogen and oxygen atoms in total. The number of hydrogen-bond acceptors (Lipinski definition) is 3. The third-order valence-corrected chi connectivity index (χ3v) is 2.72. The maximum atomic E-state index is 13.2. The Bertz CT molecular complexity index is 531. The third-order valence-electron chi connectivity index (χ3n) is 2.72. The molecule has 0 atom stereocenters. The molecule has 0 aliphatic rings. The van der Waals surface area contributed by atoms with Gasteiger partial charge in [0.15, 0.2) is 0 Å². The topological polar surface area (TPSA) is 49.7 Å². The summed E-state index contributed by atoms with van der Waals surface area (Å²) in [7, 11) is -1.81. The van der Waals surface area contributed by atoms with E-state index in [0.717, 1.165) is 5.56 Å². The Hall–Kier alpha value is -1.69. The Morgan fingerprint density at radius 3 is 2.32 bits per heavy atom. The summed E-state index contributed by atoms with van der Waals surface area (Å²) < 4.78 is 18.7. The van der Waals surface area contributed by atoms with Gasteiger partial charge in [0.25, 0.3) is 0 Å². The third kappa shape index (κ3) is 3.89. The first-order valence-electron chi connectivity index (χ1n) is 5.93. The van der Waals surface area contributed by atoms with E-state index in [-0.39, 0.29) is 12.1 Å². The molecule has 0 radical (unpaired) electrons. The zero-order valence-electron chi connectivity index (χ0n) is 10.3. The van der Waals surface area contributed by atoms with E-state index in [0.29, 0.717) is 12.2 Å². The van der Waals surface area contributed by atoms with Gasteiger partial charge in [-0.25, -0.2) is 4.39 Å². The van der Waals surface area contributed by atoms with Crippen molar-refractivity contribution < 1.29 is 19.2 Å². The first-order chi connectivity index (χ1) is 9.16. The first-order valence-corrected chi connectivity index (χ1v) is 5.93. The van der Waals surface area contributed by atoms with E-state index in [9.17, 15) is 4.39 Å². The summed E-state index contributed by atoms with van der Waals surface area (Å²) in [6.45, 7) is 0.740. The summed E-state index contributed by atoms with van der Waals surface area (Å²) in [5, 5.41) is 18.0. The second-order valence-corrected chi connectivity index (χ2v) is 4.21. The van der Waals surface area contributed by atoms with Gasteiger partial charge >= 0.3 is 7.12 Å². The first kappa shape index (κ1) is 13.7. The van der Waals surface area contributed by atoms with Gasteiger partial charge in [0.05, 0.1) is 13.2 Å². The lowest BCUT2D eigenvalue weighted by Crippen LogP contribution is -2.33. The minimum Gasteiger partial charge on any atom is -0.423 e. The highest BCUT2D eigenvalue weighted by Gasteiger charge is 2.16. The van der Waals surface area contributed by atoms with Crippen LogP contribution < -0.4 is 5.46 Å². The Morgan fingerprint density at radius 1 is 0.947 bits per heavy atom. The van der Waals surface area contributed by atoms with Crippen molar-refractivity contribution in [2.75, 3.05) is 0 Å². The molecule has 0 bridgehead atoms. The molecule has 19 heavy (non-hydrogen) atoms. The number of ether oxygens (including phenoxy) is 1. The Balaban J connectivity index is 1.95. The quantitative estimate of drug-likeness (QED) is 0.795. The predicted octanol–water partition coefficient (Wildman–Crippen LogP) is 1.22. The molecule has 0 saturated carbocycles. The van der Waals surface area contributed by atoms with E-state index in [1.54, 1.807) is 6.07 Å². The van der Waals surface area contributed by atoms with Gasteiger partial charge in [-0.15, -0.1) is 0 Å². The van der Waals surface area contributed by atoms with Gasteiger partial charge in [-0.3, -0.25) is 0 Å². The lowest BCUT2D eigenvalue weighted by atomic mass is 9.79. The number of rotatable bonds is 5. The Morgan fingerprint density at radius 2 is 1.63 bits per heavy atom. The largest absolute Gasteiger partial charge is 0.491 e. The monoisotopic (exact) mass is 260 g/mol. The highest BCUT2D eigenvalue weighted by molar-refractivity contribution is 6.58. The molecule has 2 aromatic carbocycles. The van der Waals surface area contributed by atoms with Crippen LogP contribution in [0.15, 0.2) is 48.5 Å². The van der Waals surface area contributed by atoms with Crippen molar-refractivity contribution in [1.82, 2.24) is 0 Å². The second kappa shape index (κ2) is 6.47. The maximum Gasteiger partial charge on any atom is 0.491 e. The molecule has 0 aliphatic heterocycles. The highest BCUT2D eigenvalue weighted by atomic mass is 19.1. The molecule has 0 saturated heterocycles. The van der Waals surface area contributed by atoms with Crippen LogP contribution in [0.25, 0.3) is 0 Å². The summed E-state index contributed by atoms with van der Waals surface area (Å²) >= 11 is 0. The van der Waals surface area contributed by atoms with Crippen molar-refractivity contribution in [2.45, 2.75) is 13.2 Å². The fourth-order valence-corrected chi connectivity index (χ4v) is 1.74. The normalized spacial score (nSPS) is 10.5. The summed E-state index contributed by atoms with van der Waals surface area (Å²) in [5.41, 5.74) is 1.60. The van der Waals surface area contributed by atoms with Crippen LogP contribution in [0.2, 0.25) is 0 Å². The van der Waals surface area contributed by atoms with Crippen LogP contribution in [0.4, 0.5) is 4.39 Å². The van der Waals surface area contributed by atoms with E-state index in [4.69, 9.17) is 14.8 Å². The molecule has 0 unspecified atom stereocenters. The number of hydrogen-bond donors (Lipinski definition) is 2. The van der Waals surface area contributed by atoms with E-state index in [1.165, 1.54) is 12.1 Å². The van der Waals surface area contributed by atoms with E-state index >= 15 is 0 Å². The molecular formula is C14H14BFO3. The molecule has 2 rings (SSSR count). The van der Waals surface area contributed by atoms with Crippen molar-refractivity contribution in [3.05, 3.63) is 65.5 Å². The average Bonchev–Trinajstić information content (AvgIpc) is 2.41. The van der Waals surface area contributed by atoms with Crippen LogP contribution >= 0.6 is 0 Å².